The Kier molecular flexibility index (Phi) is 4.85. The van der Waals surface area contributed by atoms with Gasteiger partial charge in [-0.25, -0.2) is 0 Å². The highest BCUT2D eigenvalue weighted by molar-refractivity contribution is 5.06. The molecule has 0 spiro atoms. The summed E-state index contributed by atoms with van der Waals surface area (Å²) in [4.78, 5) is 0. The van der Waals surface area contributed by atoms with Crippen molar-refractivity contribution >= 4 is 0 Å². The number of aliphatic hydroxyl groups is 1. The molecule has 1 aromatic rings. The maximum Gasteiger partial charge on any atom is 0.0584 e. The van der Waals surface area contributed by atoms with E-state index >= 15 is 0 Å². The number of aromatic nitrogens is 1. The highest BCUT2D eigenvalue weighted by Gasteiger charge is 2.09. The van der Waals surface area contributed by atoms with Gasteiger partial charge in [-0.3, -0.25) is 0 Å². The third kappa shape index (κ3) is 4.06. The van der Waals surface area contributed by atoms with Crippen LogP contribution in [0.3, 0.4) is 0 Å². The van der Waals surface area contributed by atoms with Gasteiger partial charge in [-0.05, 0) is 24.5 Å². The number of rotatable bonds is 6. The van der Waals surface area contributed by atoms with Gasteiger partial charge in [0, 0.05) is 31.5 Å². The molecule has 2 N–H and O–H groups in total. The van der Waals surface area contributed by atoms with E-state index < -0.39 is 0 Å². The van der Waals surface area contributed by atoms with Gasteiger partial charge in [-0.1, -0.05) is 13.8 Å². The van der Waals surface area contributed by atoms with Gasteiger partial charge in [0.05, 0.1) is 6.61 Å². The van der Waals surface area contributed by atoms with Gasteiger partial charge in [-0.2, -0.15) is 0 Å². The minimum Gasteiger partial charge on any atom is -0.395 e. The molecule has 1 heterocycles. The van der Waals surface area contributed by atoms with Crippen LogP contribution in [-0.4, -0.2) is 22.3 Å². The zero-order valence-electron chi connectivity index (χ0n) is 9.90. The second-order valence-corrected chi connectivity index (χ2v) is 4.50. The Balaban J connectivity index is 2.37. The standard InChI is InChI=1S/C12H22N2O/c1-10(2)7-11(9-15)13-8-12-5-4-6-14(12)3/h4-6,10-11,13,15H,7-9H2,1-3H3/t11-/m1/s1. The molecule has 1 rings (SSSR count). The average Bonchev–Trinajstić information content (AvgIpc) is 2.58. The molecule has 86 valence electrons. The van der Waals surface area contributed by atoms with Crippen LogP contribution in [0.2, 0.25) is 0 Å². The van der Waals surface area contributed by atoms with Gasteiger partial charge in [-0.15, -0.1) is 0 Å². The summed E-state index contributed by atoms with van der Waals surface area (Å²) in [6.07, 6.45) is 3.05. The second-order valence-electron chi connectivity index (χ2n) is 4.50. The maximum atomic E-state index is 9.20. The summed E-state index contributed by atoms with van der Waals surface area (Å²) in [7, 11) is 2.04. The molecule has 1 atom stereocenters. The van der Waals surface area contributed by atoms with Gasteiger partial charge >= 0.3 is 0 Å². The molecule has 3 nitrogen and oxygen atoms in total. The van der Waals surface area contributed by atoms with Crippen LogP contribution in [0.1, 0.15) is 26.0 Å². The van der Waals surface area contributed by atoms with Crippen molar-refractivity contribution in [2.24, 2.45) is 13.0 Å². The molecule has 3 heteroatoms. The lowest BCUT2D eigenvalue weighted by Crippen LogP contribution is -2.33. The van der Waals surface area contributed by atoms with Gasteiger partial charge in [0.25, 0.3) is 0 Å². The predicted molar refractivity (Wildman–Crippen MR) is 62.6 cm³/mol. The Hall–Kier alpha value is -0.800. The highest BCUT2D eigenvalue weighted by atomic mass is 16.3. The van der Waals surface area contributed by atoms with Crippen LogP contribution in [0.15, 0.2) is 18.3 Å². The molecule has 0 aromatic carbocycles. The Bertz CT molecular complexity index is 281. The monoisotopic (exact) mass is 210 g/mol. The predicted octanol–water partition coefficient (Wildman–Crippen LogP) is 1.52. The summed E-state index contributed by atoms with van der Waals surface area (Å²) < 4.78 is 2.09. The number of hydrogen-bond donors (Lipinski definition) is 2. The van der Waals surface area contributed by atoms with E-state index in [9.17, 15) is 5.11 Å². The SMILES string of the molecule is CC(C)C[C@H](CO)NCc1cccn1C. The molecule has 0 aliphatic carbocycles. The summed E-state index contributed by atoms with van der Waals surface area (Å²) in [6.45, 7) is 5.38. The van der Waals surface area contributed by atoms with Crippen LogP contribution in [0, 0.1) is 5.92 Å². The molecule has 0 aliphatic rings. The number of hydrogen-bond acceptors (Lipinski definition) is 2. The second kappa shape index (κ2) is 5.93. The lowest BCUT2D eigenvalue weighted by atomic mass is 10.0. The minimum absolute atomic E-state index is 0.208. The smallest absolute Gasteiger partial charge is 0.0584 e. The van der Waals surface area contributed by atoms with E-state index in [-0.39, 0.29) is 12.6 Å². The van der Waals surface area contributed by atoms with E-state index in [0.717, 1.165) is 13.0 Å². The quantitative estimate of drug-likeness (QED) is 0.747. The summed E-state index contributed by atoms with van der Waals surface area (Å²) in [5.41, 5.74) is 1.25. The summed E-state index contributed by atoms with van der Waals surface area (Å²) in [6, 6.07) is 4.34. The molecule has 15 heavy (non-hydrogen) atoms. The van der Waals surface area contributed by atoms with Crippen LogP contribution in [-0.2, 0) is 13.6 Å². The summed E-state index contributed by atoms with van der Waals surface area (Å²) in [5.74, 6) is 0.614. The minimum atomic E-state index is 0.208. The van der Waals surface area contributed by atoms with Crippen molar-refractivity contribution in [3.63, 3.8) is 0 Å². The normalized spacial score (nSPS) is 13.4. The van der Waals surface area contributed by atoms with Crippen LogP contribution < -0.4 is 5.32 Å². The Morgan fingerprint density at radius 1 is 1.47 bits per heavy atom. The van der Waals surface area contributed by atoms with E-state index in [1.54, 1.807) is 0 Å². The van der Waals surface area contributed by atoms with Crippen molar-refractivity contribution in [2.45, 2.75) is 32.9 Å². The Labute approximate surface area is 92.1 Å². The van der Waals surface area contributed by atoms with Gasteiger partial charge < -0.3 is 15.0 Å². The third-order valence-corrected chi connectivity index (χ3v) is 2.60. The average molecular weight is 210 g/mol. The Morgan fingerprint density at radius 3 is 2.67 bits per heavy atom. The van der Waals surface area contributed by atoms with E-state index in [4.69, 9.17) is 0 Å². The van der Waals surface area contributed by atoms with E-state index in [0.29, 0.717) is 5.92 Å². The lowest BCUT2D eigenvalue weighted by molar-refractivity contribution is 0.223. The molecule has 0 radical (unpaired) electrons. The van der Waals surface area contributed by atoms with Crippen LogP contribution in [0.4, 0.5) is 0 Å². The van der Waals surface area contributed by atoms with Gasteiger partial charge in [0.15, 0.2) is 0 Å². The van der Waals surface area contributed by atoms with Crippen molar-refractivity contribution in [1.29, 1.82) is 0 Å². The van der Waals surface area contributed by atoms with Gasteiger partial charge in [0.1, 0.15) is 0 Å². The fraction of sp³-hybridized carbons (Fsp3) is 0.667. The molecule has 0 saturated carbocycles. The molecule has 0 bridgehead atoms. The first-order valence-electron chi connectivity index (χ1n) is 5.58. The number of aliphatic hydroxyl groups excluding tert-OH is 1. The molecule has 1 aromatic heterocycles. The first-order chi connectivity index (χ1) is 7.13. The molecule has 0 amide bonds. The van der Waals surface area contributed by atoms with Crippen molar-refractivity contribution in [3.05, 3.63) is 24.0 Å². The highest BCUT2D eigenvalue weighted by Crippen LogP contribution is 2.06. The largest absolute Gasteiger partial charge is 0.395 e. The fourth-order valence-corrected chi connectivity index (χ4v) is 1.72. The van der Waals surface area contributed by atoms with Crippen molar-refractivity contribution in [1.82, 2.24) is 9.88 Å². The molecule has 0 unspecified atom stereocenters. The van der Waals surface area contributed by atoms with Crippen LogP contribution in [0.5, 0.6) is 0 Å². The zero-order chi connectivity index (χ0) is 11.3. The van der Waals surface area contributed by atoms with Crippen LogP contribution in [0.25, 0.3) is 0 Å². The Morgan fingerprint density at radius 2 is 2.20 bits per heavy atom. The zero-order valence-corrected chi connectivity index (χ0v) is 9.90. The van der Waals surface area contributed by atoms with Crippen molar-refractivity contribution < 1.29 is 5.11 Å². The molecule has 0 fully saturated rings. The first kappa shape index (κ1) is 12.3. The number of nitrogens with zero attached hydrogens (tertiary/aromatic N) is 1. The van der Waals surface area contributed by atoms with E-state index in [2.05, 4.69) is 29.8 Å². The third-order valence-electron chi connectivity index (χ3n) is 2.60. The maximum absolute atomic E-state index is 9.20. The number of nitrogens with one attached hydrogen (secondary N) is 1. The van der Waals surface area contributed by atoms with E-state index in [1.807, 2.05) is 19.3 Å². The van der Waals surface area contributed by atoms with E-state index in [1.165, 1.54) is 5.69 Å². The lowest BCUT2D eigenvalue weighted by Gasteiger charge is -2.18. The topological polar surface area (TPSA) is 37.2 Å². The summed E-state index contributed by atoms with van der Waals surface area (Å²) in [5, 5.41) is 12.6. The fourth-order valence-electron chi connectivity index (χ4n) is 1.72. The molecular formula is C12H22N2O. The number of aryl methyl sites for hydroxylation is 1. The first-order valence-corrected chi connectivity index (χ1v) is 5.58. The molecule has 0 aliphatic heterocycles. The molecular weight excluding hydrogens is 188 g/mol. The van der Waals surface area contributed by atoms with Gasteiger partial charge in [0.2, 0.25) is 0 Å². The van der Waals surface area contributed by atoms with Crippen LogP contribution >= 0.6 is 0 Å². The van der Waals surface area contributed by atoms with Crippen molar-refractivity contribution in [3.8, 4) is 0 Å². The van der Waals surface area contributed by atoms with Crippen molar-refractivity contribution in [2.75, 3.05) is 6.61 Å². The summed E-state index contributed by atoms with van der Waals surface area (Å²) >= 11 is 0. The molecule has 0 saturated heterocycles.